The van der Waals surface area contributed by atoms with Crippen LogP contribution >= 0.6 is 12.2 Å². The SMILES string of the molecule is C[C@@H]1NC(=O)[C@H]([C@@H](C)O)NC(=O)[C@@H]2CCCN2C(=O)[C@H](CCC(=O)O)NC(=O)CN(C(=O)CCCCNC(=S)Nc2ccc3c(c2)C2(OC3=O)c3ccc(O)cc3Oc3cc(O)ccc32)CCCCCCCCCCCN(CC(N)=O)C(=O)[C@H](CCC(=O)O)NC(=O)C(=O)[C@@H]2CCCN2C(=O)[C@@H]2CCCN2C1=O. The number of phenols is 2. The molecule has 0 bridgehead atoms. The third kappa shape index (κ3) is 20.2. The maximum Gasteiger partial charge on any atom is 0.340 e. The number of fused-ring (bicyclic) bond motifs is 9. The molecular weight excluding hydrogens is 1420 g/mol. The summed E-state index contributed by atoms with van der Waals surface area (Å²) in [4.78, 5) is 198. The number of amides is 10. The summed E-state index contributed by atoms with van der Waals surface area (Å²) in [5.74, 6) is -12.4. The number of carboxylic acid groups (broad SMARTS) is 2. The molecule has 3 aromatic carbocycles. The number of aliphatic hydroxyl groups excluding tert-OH is 1. The summed E-state index contributed by atoms with van der Waals surface area (Å²) in [7, 11) is 0. The molecule has 9 rings (SSSR count). The van der Waals surface area contributed by atoms with E-state index >= 15 is 0 Å². The molecule has 584 valence electrons. The number of hydrogen-bond donors (Lipinski definition) is 12. The van der Waals surface area contributed by atoms with Crippen LogP contribution in [0.25, 0.3) is 0 Å². The van der Waals surface area contributed by atoms with Crippen LogP contribution in [-0.4, -0.2) is 239 Å². The van der Waals surface area contributed by atoms with Crippen molar-refractivity contribution in [3.8, 4) is 23.0 Å². The molecule has 0 saturated carbocycles. The lowest BCUT2D eigenvalue weighted by molar-refractivity contribution is -0.150. The van der Waals surface area contributed by atoms with Gasteiger partial charge < -0.3 is 97.1 Å². The predicted octanol–water partition coefficient (Wildman–Crippen LogP) is 2.40. The molecule has 0 aromatic heterocycles. The minimum atomic E-state index is -1.72. The van der Waals surface area contributed by atoms with Crippen molar-refractivity contribution in [1.29, 1.82) is 0 Å². The second-order valence-electron chi connectivity index (χ2n) is 28.3. The van der Waals surface area contributed by atoms with E-state index < -0.39 is 176 Å². The first-order valence-corrected chi connectivity index (χ1v) is 37.4. The number of Topliss-reactive ketones (excluding diaryl/α,β-unsaturated/α-hetero) is 1. The van der Waals surface area contributed by atoms with Gasteiger partial charge in [-0.2, -0.15) is 0 Å². The summed E-state index contributed by atoms with van der Waals surface area (Å²) in [6, 6.07) is 3.84. The third-order valence-electron chi connectivity index (χ3n) is 20.4. The molecule has 8 atom stereocenters. The molecule has 6 heterocycles. The quantitative estimate of drug-likeness (QED) is 0.0450. The molecule has 4 fully saturated rings. The summed E-state index contributed by atoms with van der Waals surface area (Å²) in [5, 5.41) is 67.6. The Bertz CT molecular complexity index is 3900. The third-order valence-corrected chi connectivity index (χ3v) is 20.6. The molecule has 6 aliphatic heterocycles. The van der Waals surface area contributed by atoms with Crippen LogP contribution < -0.4 is 42.4 Å². The number of carbonyl (C=O) groups is 14. The lowest BCUT2D eigenvalue weighted by Crippen LogP contribution is -2.61. The molecule has 10 amide bonds. The second kappa shape index (κ2) is 37.3. The predicted molar refractivity (Wildman–Crippen MR) is 388 cm³/mol. The van der Waals surface area contributed by atoms with Crippen molar-refractivity contribution < 1.29 is 102 Å². The molecular formula is C74H96N12O21S. The average Bonchev–Trinajstić information content (AvgIpc) is 1.46. The summed E-state index contributed by atoms with van der Waals surface area (Å²) >= 11 is 5.69. The molecule has 33 nitrogen and oxygen atoms in total. The van der Waals surface area contributed by atoms with Crippen LogP contribution in [0.4, 0.5) is 5.69 Å². The number of carbonyl (C=O) groups excluding carboxylic acids is 12. The Hall–Kier alpha value is -10.5. The highest BCUT2D eigenvalue weighted by molar-refractivity contribution is 7.80. The highest BCUT2D eigenvalue weighted by atomic mass is 32.1. The van der Waals surface area contributed by atoms with Crippen molar-refractivity contribution in [2.24, 2.45) is 5.73 Å². The number of unbranched alkanes of at least 4 members (excludes halogenated alkanes) is 1. The maximum atomic E-state index is 14.6. The number of carboxylic acids is 2. The van der Waals surface area contributed by atoms with Gasteiger partial charge in [-0.05, 0) is 146 Å². The zero-order valence-corrected chi connectivity index (χ0v) is 61.3. The summed E-state index contributed by atoms with van der Waals surface area (Å²) < 4.78 is 12.3. The maximum absolute atomic E-state index is 14.6. The number of aliphatic hydroxyl groups is 1. The van der Waals surface area contributed by atoms with Crippen LogP contribution in [0.15, 0.2) is 54.6 Å². The average molecular weight is 1520 g/mol. The molecule has 1 spiro atoms. The first kappa shape index (κ1) is 81.6. The number of aromatic hydroxyl groups is 2. The Morgan fingerprint density at radius 1 is 0.611 bits per heavy atom. The number of aliphatic carboxylic acids is 2. The van der Waals surface area contributed by atoms with Crippen LogP contribution in [0.1, 0.15) is 182 Å². The molecule has 0 unspecified atom stereocenters. The van der Waals surface area contributed by atoms with E-state index in [9.17, 15) is 92.7 Å². The smallest absolute Gasteiger partial charge is 0.340 e. The highest BCUT2D eigenvalue weighted by Gasteiger charge is 2.54. The first-order valence-electron chi connectivity index (χ1n) is 37.0. The number of nitrogens with zero attached hydrogens (tertiary/aromatic N) is 5. The topological polar surface area (TPSA) is 473 Å². The van der Waals surface area contributed by atoms with E-state index in [-0.39, 0.29) is 111 Å². The normalized spacial score (nSPS) is 23.5. The van der Waals surface area contributed by atoms with Gasteiger partial charge in [0, 0.05) is 93.0 Å². The van der Waals surface area contributed by atoms with E-state index in [1.165, 1.54) is 52.8 Å². The van der Waals surface area contributed by atoms with Crippen molar-refractivity contribution in [1.82, 2.24) is 51.1 Å². The second-order valence-corrected chi connectivity index (χ2v) is 28.7. The fraction of sp³-hybridized carbons (Fsp3) is 0.554. The lowest BCUT2D eigenvalue weighted by Gasteiger charge is -2.36. The molecule has 0 aliphatic carbocycles. The fourth-order valence-electron chi connectivity index (χ4n) is 14.9. The van der Waals surface area contributed by atoms with Crippen LogP contribution in [-0.2, 0) is 72.7 Å². The number of benzene rings is 3. The van der Waals surface area contributed by atoms with Gasteiger partial charge in [-0.15, -0.1) is 0 Å². The number of thiocarbonyl (C=S) groups is 1. The van der Waals surface area contributed by atoms with Gasteiger partial charge in [-0.3, -0.25) is 62.3 Å². The van der Waals surface area contributed by atoms with Gasteiger partial charge in [0.15, 0.2) is 10.7 Å². The van der Waals surface area contributed by atoms with Crippen molar-refractivity contribution in [3.63, 3.8) is 0 Å². The summed E-state index contributed by atoms with van der Waals surface area (Å²) in [6.45, 7) is 1.86. The summed E-state index contributed by atoms with van der Waals surface area (Å²) in [6.07, 6.45) is 4.04. The highest BCUT2D eigenvalue weighted by Crippen LogP contribution is 2.57. The zero-order valence-electron chi connectivity index (χ0n) is 60.5. The van der Waals surface area contributed by atoms with Crippen molar-refractivity contribution in [3.05, 3.63) is 76.9 Å². The Morgan fingerprint density at radius 2 is 1.17 bits per heavy atom. The lowest BCUT2D eigenvalue weighted by atomic mass is 9.77. The standard InChI is InChI=1S/C74H96N12O21S/c1-42-68(101)86-36-16-19-55(86)71(104)84-34-14-17-53(84)64(97)67(100)80-51(27-29-61(93)94)69(102)83(40-58(75)90)33-13-9-7-5-3-4-6-8-12-32-82(41-59(91)79-52(28-30-62(95)96)70(103)85-35-15-18-54(85)65(98)81-63(43(2)87)66(99)77-42)60(92)20-10-11-31-76-73(108)78-44-21-24-47-50(37-44)74(107-72(47)105)48-25-22-45(88)38-56(48)106-57-39-46(89)23-26-49(57)74/h21-26,37-39,42-43,51-55,63,87-89H,3-20,27-36,40-41H2,1-2H3,(H2,75,90)(H,77,99)(H,79,91)(H,80,100)(H,81,98)(H,93,94)(H,95,96)(H2,76,78,108)/t42-,43+,51-,52-,53-,54-,55-,63-/m0/s1. The van der Waals surface area contributed by atoms with Gasteiger partial charge in [-0.1, -0.05) is 44.9 Å². The van der Waals surface area contributed by atoms with Crippen LogP contribution in [0.5, 0.6) is 23.0 Å². The molecule has 13 N–H and O–H groups in total. The number of nitrogens with two attached hydrogens (primary N) is 1. The number of phenolic OH excluding ortho intramolecular Hbond substituents is 2. The molecule has 6 aliphatic rings. The van der Waals surface area contributed by atoms with Gasteiger partial charge in [0.1, 0.15) is 65.3 Å². The summed E-state index contributed by atoms with van der Waals surface area (Å²) in [5.41, 5.74) is 6.08. The van der Waals surface area contributed by atoms with Gasteiger partial charge in [-0.25, -0.2) is 4.79 Å². The Labute approximate surface area is 628 Å². The van der Waals surface area contributed by atoms with Crippen molar-refractivity contribution in [2.45, 2.75) is 209 Å². The van der Waals surface area contributed by atoms with Crippen molar-refractivity contribution in [2.75, 3.05) is 57.7 Å². The van der Waals surface area contributed by atoms with Crippen LogP contribution in [0.2, 0.25) is 0 Å². The number of hydrogen-bond acceptors (Lipinski definition) is 20. The first-order chi connectivity index (χ1) is 51.6. The minimum Gasteiger partial charge on any atom is -0.508 e. The van der Waals surface area contributed by atoms with Gasteiger partial charge in [0.2, 0.25) is 58.9 Å². The number of rotatable bonds is 15. The number of esters is 1. The molecule has 0 radical (unpaired) electrons. The minimum absolute atomic E-state index is 0.00197. The monoisotopic (exact) mass is 1520 g/mol. The number of ketones is 1. The molecule has 4 saturated heterocycles. The van der Waals surface area contributed by atoms with E-state index in [1.54, 1.807) is 30.3 Å². The number of primary amides is 1. The Morgan fingerprint density at radius 3 is 1.76 bits per heavy atom. The molecule has 3 aromatic rings. The van der Waals surface area contributed by atoms with Crippen molar-refractivity contribution >= 4 is 106 Å². The van der Waals surface area contributed by atoms with Crippen LogP contribution in [0, 0.1) is 0 Å². The van der Waals surface area contributed by atoms with E-state index in [0.717, 1.165) is 35.5 Å². The Balaban J connectivity index is 0.873. The largest absolute Gasteiger partial charge is 0.508 e. The van der Waals surface area contributed by atoms with E-state index in [1.807, 2.05) is 0 Å². The fourth-order valence-corrected chi connectivity index (χ4v) is 15.1. The van der Waals surface area contributed by atoms with E-state index in [0.29, 0.717) is 73.7 Å². The van der Waals surface area contributed by atoms with Crippen LogP contribution in [0.3, 0.4) is 0 Å². The molecule has 34 heteroatoms. The van der Waals surface area contributed by atoms with E-state index in [2.05, 4.69) is 31.9 Å². The number of anilines is 1. The molecule has 108 heavy (non-hydrogen) atoms. The van der Waals surface area contributed by atoms with Gasteiger partial charge >= 0.3 is 17.9 Å². The number of nitrogens with one attached hydrogen (secondary N) is 6. The number of ether oxygens (including phenoxy) is 2. The van der Waals surface area contributed by atoms with Gasteiger partial charge in [0.25, 0.3) is 5.91 Å². The Kier molecular flexibility index (Phi) is 28.2. The van der Waals surface area contributed by atoms with E-state index in [4.69, 9.17) is 27.4 Å². The van der Waals surface area contributed by atoms with Gasteiger partial charge in [0.05, 0.1) is 24.8 Å². The zero-order chi connectivity index (χ0) is 78.1.